The molecule has 17 heavy (non-hydrogen) atoms. The number of halogens is 3. The Morgan fingerprint density at radius 2 is 1.59 bits per heavy atom. The van der Waals surface area contributed by atoms with Gasteiger partial charge in [0.2, 0.25) is 0 Å². The minimum Gasteiger partial charge on any atom is -0.497 e. The van der Waals surface area contributed by atoms with E-state index in [0.29, 0.717) is 11.3 Å². The molecule has 0 aliphatic carbocycles. The Kier molecular flexibility index (Phi) is 4.03. The van der Waals surface area contributed by atoms with Crippen molar-refractivity contribution in [2.24, 2.45) is 0 Å². The van der Waals surface area contributed by atoms with Gasteiger partial charge in [-0.25, -0.2) is 0 Å². The Morgan fingerprint density at radius 1 is 1.06 bits per heavy atom. The van der Waals surface area contributed by atoms with Crippen LogP contribution in [0.4, 0.5) is 13.2 Å². The Hall–Kier alpha value is -1.23. The Labute approximate surface area is 98.3 Å². The van der Waals surface area contributed by atoms with E-state index in [1.807, 2.05) is 0 Å². The van der Waals surface area contributed by atoms with Crippen molar-refractivity contribution in [3.63, 3.8) is 0 Å². The van der Waals surface area contributed by atoms with Crippen molar-refractivity contribution in [1.29, 1.82) is 0 Å². The number of ether oxygens (including phenoxy) is 2. The summed E-state index contributed by atoms with van der Waals surface area (Å²) in [4.78, 5) is 0. The van der Waals surface area contributed by atoms with Crippen LogP contribution in [0.1, 0.15) is 18.9 Å². The highest BCUT2D eigenvalue weighted by Crippen LogP contribution is 2.37. The zero-order chi connectivity index (χ0) is 13.1. The van der Waals surface area contributed by atoms with Gasteiger partial charge in [0.15, 0.2) is 0 Å². The summed E-state index contributed by atoms with van der Waals surface area (Å²) < 4.78 is 47.4. The first kappa shape index (κ1) is 13.8. The van der Waals surface area contributed by atoms with Gasteiger partial charge in [-0.3, -0.25) is 0 Å². The van der Waals surface area contributed by atoms with E-state index in [4.69, 9.17) is 9.47 Å². The van der Waals surface area contributed by atoms with Crippen LogP contribution in [0.5, 0.6) is 5.75 Å². The molecule has 0 saturated carbocycles. The molecule has 1 atom stereocenters. The Morgan fingerprint density at radius 3 is 1.94 bits per heavy atom. The predicted octanol–water partition coefficient (Wildman–Crippen LogP) is 3.51. The predicted molar refractivity (Wildman–Crippen MR) is 58.0 cm³/mol. The summed E-state index contributed by atoms with van der Waals surface area (Å²) in [6, 6.07) is 6.38. The normalized spacial score (nSPS) is 15.4. The number of rotatable bonds is 4. The maximum Gasteiger partial charge on any atom is 0.392 e. The number of hydrogen-bond acceptors (Lipinski definition) is 2. The molecule has 0 bridgehead atoms. The second kappa shape index (κ2) is 4.96. The van der Waals surface area contributed by atoms with Gasteiger partial charge in [-0.1, -0.05) is 12.1 Å². The number of methoxy groups -OCH3 is 2. The molecule has 0 aliphatic rings. The molecular weight excluding hydrogens is 233 g/mol. The van der Waals surface area contributed by atoms with Gasteiger partial charge in [0.05, 0.1) is 19.1 Å². The molecule has 96 valence electrons. The summed E-state index contributed by atoms with van der Waals surface area (Å²) in [6.45, 7) is 1.42. The fraction of sp³-hybridized carbons (Fsp3) is 0.500. The Balaban J connectivity index is 2.99. The summed E-state index contributed by atoms with van der Waals surface area (Å²) in [5, 5.41) is 0. The highest BCUT2D eigenvalue weighted by Gasteiger charge is 2.40. The van der Waals surface area contributed by atoms with E-state index in [-0.39, 0.29) is 0 Å². The number of benzene rings is 1. The van der Waals surface area contributed by atoms with Crippen LogP contribution in [0.2, 0.25) is 0 Å². The van der Waals surface area contributed by atoms with Crippen molar-refractivity contribution < 1.29 is 22.6 Å². The van der Waals surface area contributed by atoms with E-state index in [1.54, 1.807) is 24.3 Å². The SMILES string of the molecule is COc1ccc(C(C)(CC(F)(F)F)OC)cc1. The largest absolute Gasteiger partial charge is 0.497 e. The van der Waals surface area contributed by atoms with Gasteiger partial charge in [-0.05, 0) is 24.6 Å². The minimum absolute atomic E-state index is 0.470. The van der Waals surface area contributed by atoms with Crippen LogP contribution in [-0.2, 0) is 10.3 Å². The molecule has 1 aromatic rings. The van der Waals surface area contributed by atoms with Crippen molar-refractivity contribution in [2.45, 2.75) is 25.1 Å². The number of hydrogen-bond donors (Lipinski definition) is 0. The van der Waals surface area contributed by atoms with E-state index in [2.05, 4.69) is 0 Å². The average molecular weight is 248 g/mol. The van der Waals surface area contributed by atoms with Gasteiger partial charge in [0.1, 0.15) is 5.75 Å². The molecule has 0 N–H and O–H groups in total. The van der Waals surface area contributed by atoms with E-state index >= 15 is 0 Å². The zero-order valence-electron chi connectivity index (χ0n) is 9.97. The smallest absolute Gasteiger partial charge is 0.392 e. The van der Waals surface area contributed by atoms with Crippen LogP contribution in [0, 0.1) is 0 Å². The van der Waals surface area contributed by atoms with Crippen LogP contribution in [0.3, 0.4) is 0 Å². The van der Waals surface area contributed by atoms with Crippen molar-refractivity contribution in [3.05, 3.63) is 29.8 Å². The van der Waals surface area contributed by atoms with E-state index < -0.39 is 18.2 Å². The molecule has 0 aliphatic heterocycles. The lowest BCUT2D eigenvalue weighted by atomic mass is 9.92. The molecule has 1 unspecified atom stereocenters. The fourth-order valence-corrected chi connectivity index (χ4v) is 1.62. The second-order valence-electron chi connectivity index (χ2n) is 3.96. The van der Waals surface area contributed by atoms with Gasteiger partial charge in [-0.15, -0.1) is 0 Å². The van der Waals surface area contributed by atoms with Gasteiger partial charge in [0, 0.05) is 7.11 Å². The van der Waals surface area contributed by atoms with Crippen molar-refractivity contribution >= 4 is 0 Å². The van der Waals surface area contributed by atoms with E-state index in [1.165, 1.54) is 21.1 Å². The minimum atomic E-state index is -4.27. The molecule has 0 amide bonds. The summed E-state index contributed by atoms with van der Waals surface area (Å²) >= 11 is 0. The summed E-state index contributed by atoms with van der Waals surface area (Å²) in [5.74, 6) is 0.596. The standard InChI is InChI=1S/C12H15F3O2/c1-11(17-3,8-12(13,14)15)9-4-6-10(16-2)7-5-9/h4-7H,8H2,1-3H3. The van der Waals surface area contributed by atoms with E-state index in [9.17, 15) is 13.2 Å². The van der Waals surface area contributed by atoms with Crippen LogP contribution in [0.25, 0.3) is 0 Å². The highest BCUT2D eigenvalue weighted by molar-refractivity contribution is 5.30. The molecule has 5 heteroatoms. The van der Waals surface area contributed by atoms with Gasteiger partial charge < -0.3 is 9.47 Å². The van der Waals surface area contributed by atoms with Crippen molar-refractivity contribution in [2.75, 3.05) is 14.2 Å². The van der Waals surface area contributed by atoms with Crippen LogP contribution in [-0.4, -0.2) is 20.4 Å². The quantitative estimate of drug-likeness (QED) is 0.811. The molecule has 0 heterocycles. The second-order valence-corrected chi connectivity index (χ2v) is 3.96. The van der Waals surface area contributed by atoms with Crippen LogP contribution in [0.15, 0.2) is 24.3 Å². The molecule has 1 aromatic carbocycles. The third-order valence-electron chi connectivity index (χ3n) is 2.69. The summed E-state index contributed by atoms with van der Waals surface area (Å²) in [7, 11) is 2.77. The first-order chi connectivity index (χ1) is 7.80. The van der Waals surface area contributed by atoms with Gasteiger partial charge in [0.25, 0.3) is 0 Å². The molecule has 1 rings (SSSR count). The first-order valence-electron chi connectivity index (χ1n) is 5.07. The average Bonchev–Trinajstić information content (AvgIpc) is 2.27. The highest BCUT2D eigenvalue weighted by atomic mass is 19.4. The monoisotopic (exact) mass is 248 g/mol. The Bertz CT molecular complexity index is 359. The van der Waals surface area contributed by atoms with E-state index in [0.717, 1.165) is 0 Å². The maximum atomic E-state index is 12.5. The molecule has 0 fully saturated rings. The summed E-state index contributed by atoms with van der Waals surface area (Å²) in [5.41, 5.74) is -0.900. The van der Waals surface area contributed by atoms with Crippen LogP contribution >= 0.6 is 0 Å². The maximum absolute atomic E-state index is 12.5. The lowest BCUT2D eigenvalue weighted by Crippen LogP contribution is -2.31. The van der Waals surface area contributed by atoms with Crippen molar-refractivity contribution in [1.82, 2.24) is 0 Å². The lowest BCUT2D eigenvalue weighted by molar-refractivity contribution is -0.181. The third kappa shape index (κ3) is 3.63. The zero-order valence-corrected chi connectivity index (χ0v) is 9.97. The fourth-order valence-electron chi connectivity index (χ4n) is 1.62. The molecule has 0 saturated heterocycles. The first-order valence-corrected chi connectivity index (χ1v) is 5.07. The molecule has 0 spiro atoms. The molecule has 2 nitrogen and oxygen atoms in total. The topological polar surface area (TPSA) is 18.5 Å². The summed E-state index contributed by atoms with van der Waals surface area (Å²) in [6.07, 6.45) is -5.30. The third-order valence-corrected chi connectivity index (χ3v) is 2.69. The number of alkyl halides is 3. The van der Waals surface area contributed by atoms with Gasteiger partial charge >= 0.3 is 6.18 Å². The molecular formula is C12H15F3O2. The van der Waals surface area contributed by atoms with Crippen molar-refractivity contribution in [3.8, 4) is 5.75 Å². The lowest BCUT2D eigenvalue weighted by Gasteiger charge is -2.29. The van der Waals surface area contributed by atoms with Gasteiger partial charge in [-0.2, -0.15) is 13.2 Å². The van der Waals surface area contributed by atoms with Crippen LogP contribution < -0.4 is 4.74 Å². The molecule has 0 radical (unpaired) electrons. The molecule has 0 aromatic heterocycles.